The maximum atomic E-state index is 13.3. The summed E-state index contributed by atoms with van der Waals surface area (Å²) in [7, 11) is -1.28. The summed E-state index contributed by atoms with van der Waals surface area (Å²) in [5, 5.41) is 0. The molecule has 0 spiro atoms. The average Bonchev–Trinajstić information content (AvgIpc) is 3.28. The van der Waals surface area contributed by atoms with Gasteiger partial charge in [-0.3, -0.25) is 0 Å². The molecule has 0 saturated carbocycles. The predicted octanol–water partition coefficient (Wildman–Crippen LogP) is 5.71. The summed E-state index contributed by atoms with van der Waals surface area (Å²) in [6, 6.07) is 25.9. The highest BCUT2D eigenvalue weighted by atomic mass is 32.2. The monoisotopic (exact) mass is 403 g/mol. The van der Waals surface area contributed by atoms with Gasteiger partial charge in [0, 0.05) is 4.90 Å². The zero-order valence-electron chi connectivity index (χ0n) is 16.6. The number of nitrogens with zero attached hydrogens (tertiary/aromatic N) is 1. The number of ether oxygens (including phenoxy) is 1. The summed E-state index contributed by atoms with van der Waals surface area (Å²) >= 11 is 0. The lowest BCUT2D eigenvalue weighted by Gasteiger charge is -2.09. The molecule has 3 aromatic rings. The van der Waals surface area contributed by atoms with Gasteiger partial charge in [-0.05, 0) is 48.2 Å². The van der Waals surface area contributed by atoms with Gasteiger partial charge in [0.2, 0.25) is 5.90 Å². The van der Waals surface area contributed by atoms with Crippen molar-refractivity contribution in [1.29, 1.82) is 0 Å². The average molecular weight is 404 g/mol. The molecule has 0 bridgehead atoms. The standard InChI is InChI=1S/C25H25NO2S/c1-2-3-9-19-14-16-21(17-15-19)29(27)24-13-8-7-12-22(24)25-26-23(18-28-25)20-10-5-4-6-11-20/h4-8,10-17,23H,2-3,9,18H2,1H3/t23-,29-/m1/s1. The maximum Gasteiger partial charge on any atom is 0.218 e. The fourth-order valence-electron chi connectivity index (χ4n) is 3.46. The first-order valence-electron chi connectivity index (χ1n) is 10.1. The first kappa shape index (κ1) is 19.6. The molecule has 0 saturated heterocycles. The minimum atomic E-state index is -1.28. The van der Waals surface area contributed by atoms with Gasteiger partial charge in [-0.1, -0.05) is 67.9 Å². The van der Waals surface area contributed by atoms with Crippen LogP contribution in [0.2, 0.25) is 0 Å². The molecule has 3 nitrogen and oxygen atoms in total. The number of hydrogen-bond donors (Lipinski definition) is 0. The molecule has 1 heterocycles. The van der Waals surface area contributed by atoms with Gasteiger partial charge in [0.15, 0.2) is 0 Å². The Morgan fingerprint density at radius 1 is 0.966 bits per heavy atom. The smallest absolute Gasteiger partial charge is 0.218 e. The molecular formula is C25H25NO2S. The number of benzene rings is 3. The molecule has 0 aliphatic carbocycles. The van der Waals surface area contributed by atoms with Gasteiger partial charge in [-0.2, -0.15) is 0 Å². The number of aliphatic imine (C=N–C) groups is 1. The molecule has 0 fully saturated rings. The number of hydrogen-bond acceptors (Lipinski definition) is 3. The quantitative estimate of drug-likeness (QED) is 0.506. The minimum absolute atomic E-state index is 0.0226. The molecule has 29 heavy (non-hydrogen) atoms. The van der Waals surface area contributed by atoms with Gasteiger partial charge in [0.25, 0.3) is 0 Å². The lowest BCUT2D eigenvalue weighted by molar-refractivity contribution is 0.319. The third-order valence-electron chi connectivity index (χ3n) is 5.11. The molecule has 0 amide bonds. The van der Waals surface area contributed by atoms with Crippen LogP contribution in [-0.2, 0) is 22.0 Å². The molecule has 1 aliphatic heterocycles. The molecule has 3 aromatic carbocycles. The Kier molecular flexibility index (Phi) is 6.20. The van der Waals surface area contributed by atoms with Gasteiger partial charge in [-0.15, -0.1) is 0 Å². The third-order valence-corrected chi connectivity index (χ3v) is 6.56. The third kappa shape index (κ3) is 4.48. The Morgan fingerprint density at radius 3 is 2.45 bits per heavy atom. The Balaban J connectivity index is 1.59. The largest absolute Gasteiger partial charge is 0.475 e. The number of rotatable bonds is 7. The van der Waals surface area contributed by atoms with Gasteiger partial charge < -0.3 is 4.74 Å². The molecule has 148 valence electrons. The molecule has 4 heteroatoms. The lowest BCUT2D eigenvalue weighted by Crippen LogP contribution is -2.07. The van der Waals surface area contributed by atoms with Crippen molar-refractivity contribution in [3.8, 4) is 0 Å². The SMILES string of the molecule is CCCCc1ccc([S@@](=O)c2ccccc2C2=N[C@@H](c3ccccc3)CO2)cc1. The van der Waals surface area contributed by atoms with Crippen molar-refractivity contribution in [1.82, 2.24) is 0 Å². The Labute approximate surface area is 174 Å². The summed E-state index contributed by atoms with van der Waals surface area (Å²) in [4.78, 5) is 6.31. The van der Waals surface area contributed by atoms with E-state index in [2.05, 4.69) is 31.2 Å². The van der Waals surface area contributed by atoms with Gasteiger partial charge in [-0.25, -0.2) is 9.20 Å². The first-order chi connectivity index (χ1) is 14.3. The topological polar surface area (TPSA) is 38.7 Å². The van der Waals surface area contributed by atoms with Crippen molar-refractivity contribution in [3.63, 3.8) is 0 Å². The van der Waals surface area contributed by atoms with E-state index < -0.39 is 10.8 Å². The number of unbranched alkanes of at least 4 members (excludes halogenated alkanes) is 1. The van der Waals surface area contributed by atoms with E-state index in [1.165, 1.54) is 18.4 Å². The summed E-state index contributed by atoms with van der Waals surface area (Å²) in [5.41, 5.74) is 3.22. The summed E-state index contributed by atoms with van der Waals surface area (Å²) in [6.45, 7) is 2.70. The van der Waals surface area contributed by atoms with Gasteiger partial charge in [0.05, 0.1) is 21.3 Å². The summed E-state index contributed by atoms with van der Waals surface area (Å²) in [5.74, 6) is 0.572. The van der Waals surface area contributed by atoms with Crippen LogP contribution in [0.25, 0.3) is 0 Å². The zero-order valence-corrected chi connectivity index (χ0v) is 17.4. The second-order valence-corrected chi connectivity index (χ2v) is 8.63. The Hall–Kier alpha value is -2.72. The Bertz CT molecular complexity index is 1010. The van der Waals surface area contributed by atoms with Crippen molar-refractivity contribution in [2.75, 3.05) is 6.61 Å². The maximum absolute atomic E-state index is 13.3. The highest BCUT2D eigenvalue weighted by Gasteiger charge is 2.24. The molecule has 0 unspecified atom stereocenters. The van der Waals surface area contributed by atoms with Crippen molar-refractivity contribution < 1.29 is 8.95 Å². The molecule has 0 radical (unpaired) electrons. The van der Waals surface area contributed by atoms with E-state index in [0.717, 1.165) is 27.3 Å². The normalized spacial score (nSPS) is 16.9. The van der Waals surface area contributed by atoms with Crippen LogP contribution in [0.15, 0.2) is 93.6 Å². The van der Waals surface area contributed by atoms with E-state index in [1.54, 1.807) is 0 Å². The van der Waals surface area contributed by atoms with Gasteiger partial charge >= 0.3 is 0 Å². The minimum Gasteiger partial charge on any atom is -0.475 e. The molecule has 1 aliphatic rings. The second kappa shape index (κ2) is 9.19. The fraction of sp³-hybridized carbons (Fsp3) is 0.240. The lowest BCUT2D eigenvalue weighted by atomic mass is 10.1. The van der Waals surface area contributed by atoms with Crippen LogP contribution in [0, 0.1) is 0 Å². The van der Waals surface area contributed by atoms with Crippen LogP contribution >= 0.6 is 0 Å². The highest BCUT2D eigenvalue weighted by Crippen LogP contribution is 2.28. The van der Waals surface area contributed by atoms with E-state index in [0.29, 0.717) is 12.5 Å². The van der Waals surface area contributed by atoms with Crippen molar-refractivity contribution in [2.24, 2.45) is 4.99 Å². The second-order valence-electron chi connectivity index (χ2n) is 7.18. The first-order valence-corrected chi connectivity index (χ1v) is 11.3. The van der Waals surface area contributed by atoms with Gasteiger partial charge in [0.1, 0.15) is 12.6 Å². The number of aryl methyl sites for hydroxylation is 1. The van der Waals surface area contributed by atoms with Crippen LogP contribution in [0.3, 0.4) is 0 Å². The van der Waals surface area contributed by atoms with E-state index in [9.17, 15) is 4.21 Å². The summed E-state index contributed by atoms with van der Waals surface area (Å²) in [6.07, 6.45) is 3.41. The van der Waals surface area contributed by atoms with Crippen molar-refractivity contribution in [2.45, 2.75) is 42.0 Å². The van der Waals surface area contributed by atoms with E-state index in [1.807, 2.05) is 54.6 Å². The van der Waals surface area contributed by atoms with E-state index >= 15 is 0 Å². The zero-order chi connectivity index (χ0) is 20.1. The van der Waals surface area contributed by atoms with E-state index in [4.69, 9.17) is 9.73 Å². The van der Waals surface area contributed by atoms with Crippen LogP contribution < -0.4 is 0 Å². The highest BCUT2D eigenvalue weighted by molar-refractivity contribution is 7.85. The fourth-order valence-corrected chi connectivity index (χ4v) is 4.65. The molecule has 4 rings (SSSR count). The summed E-state index contributed by atoms with van der Waals surface area (Å²) < 4.78 is 19.2. The van der Waals surface area contributed by atoms with Crippen LogP contribution in [0.5, 0.6) is 0 Å². The molecule has 2 atom stereocenters. The molecule has 0 N–H and O–H groups in total. The molecular weight excluding hydrogens is 378 g/mol. The van der Waals surface area contributed by atoms with Crippen molar-refractivity contribution in [3.05, 3.63) is 95.6 Å². The Morgan fingerprint density at radius 2 is 1.69 bits per heavy atom. The predicted molar refractivity (Wildman–Crippen MR) is 118 cm³/mol. The van der Waals surface area contributed by atoms with Crippen LogP contribution in [-0.4, -0.2) is 16.7 Å². The molecule has 0 aromatic heterocycles. The van der Waals surface area contributed by atoms with Crippen molar-refractivity contribution >= 4 is 16.7 Å². The van der Waals surface area contributed by atoms with E-state index in [-0.39, 0.29) is 6.04 Å². The van der Waals surface area contributed by atoms with Crippen LogP contribution in [0.1, 0.15) is 42.5 Å². The van der Waals surface area contributed by atoms with Crippen LogP contribution in [0.4, 0.5) is 0 Å².